The highest BCUT2D eigenvalue weighted by Gasteiger charge is 2.20. The number of nitrogens with two attached hydrogens (primary N) is 1. The fourth-order valence-electron chi connectivity index (χ4n) is 1.39. The molecule has 1 aromatic carbocycles. The van der Waals surface area contributed by atoms with Gasteiger partial charge in [0.2, 0.25) is 0 Å². The number of thiophene rings is 1. The molecule has 1 heterocycles. The summed E-state index contributed by atoms with van der Waals surface area (Å²) in [4.78, 5) is 0.489. The number of benzene rings is 1. The van der Waals surface area contributed by atoms with Crippen LogP contribution < -0.4 is 10.5 Å². The zero-order valence-corrected chi connectivity index (χ0v) is 14.1. The summed E-state index contributed by atoms with van der Waals surface area (Å²) < 4.78 is 52.9. The predicted molar refractivity (Wildman–Crippen MR) is 85.1 cm³/mol. The second-order valence-corrected chi connectivity index (χ2v) is 8.12. The number of hydrogen-bond donors (Lipinski definition) is 2. The Morgan fingerprint density at radius 2 is 1.95 bits per heavy atom. The number of hydrogen-bond acceptors (Lipinski definition) is 4. The Kier molecular flexibility index (Phi) is 4.61. The molecule has 0 saturated carbocycles. The Morgan fingerprint density at radius 3 is 2.52 bits per heavy atom. The fourth-order valence-corrected chi connectivity index (χ4v) is 4.15. The van der Waals surface area contributed by atoms with E-state index in [1.54, 1.807) is 0 Å². The predicted octanol–water partition coefficient (Wildman–Crippen LogP) is 3.22. The van der Waals surface area contributed by atoms with Crippen LogP contribution in [0, 0.1) is 11.6 Å². The van der Waals surface area contributed by atoms with E-state index in [0.29, 0.717) is 10.9 Å². The summed E-state index contributed by atoms with van der Waals surface area (Å²) in [6.07, 6.45) is 0. The molecule has 0 spiro atoms. The van der Waals surface area contributed by atoms with Crippen molar-refractivity contribution >= 4 is 60.2 Å². The Bertz CT molecular complexity index is 821. The van der Waals surface area contributed by atoms with Crippen molar-refractivity contribution in [2.75, 3.05) is 4.72 Å². The number of thiocarbonyl (C=S) groups is 1. The first-order valence-corrected chi connectivity index (χ1v) is 8.78. The summed E-state index contributed by atoms with van der Waals surface area (Å²) in [5.41, 5.74) is 5.04. The smallest absolute Gasteiger partial charge is 0.271 e. The van der Waals surface area contributed by atoms with Crippen LogP contribution in [0.4, 0.5) is 14.5 Å². The maximum absolute atomic E-state index is 13.6. The van der Waals surface area contributed by atoms with Crippen LogP contribution in [0.1, 0.15) is 4.88 Å². The lowest BCUT2D eigenvalue weighted by molar-refractivity contribution is 0.579. The van der Waals surface area contributed by atoms with Crippen molar-refractivity contribution < 1.29 is 17.2 Å². The van der Waals surface area contributed by atoms with Crippen molar-refractivity contribution in [1.82, 2.24) is 0 Å². The standard InChI is InChI=1S/C11H7BrF2N2O2S3/c12-5-3-8(7(14)4-6(5)13)16-21(17,18)10-2-1-9(20-10)11(15)19/h1-4,16H,(H2,15,19). The molecule has 10 heteroatoms. The molecule has 2 aromatic rings. The van der Waals surface area contributed by atoms with Crippen molar-refractivity contribution in [3.8, 4) is 0 Å². The molecule has 0 fully saturated rings. The van der Waals surface area contributed by atoms with E-state index in [2.05, 4.69) is 20.7 Å². The minimum Gasteiger partial charge on any atom is -0.389 e. The van der Waals surface area contributed by atoms with E-state index in [9.17, 15) is 17.2 Å². The molecule has 3 N–H and O–H groups in total. The average molecular weight is 413 g/mol. The number of rotatable bonds is 4. The quantitative estimate of drug-likeness (QED) is 0.597. The van der Waals surface area contributed by atoms with Crippen LogP contribution in [-0.4, -0.2) is 13.4 Å². The van der Waals surface area contributed by atoms with Gasteiger partial charge in [-0.15, -0.1) is 11.3 Å². The van der Waals surface area contributed by atoms with Gasteiger partial charge in [0.1, 0.15) is 20.8 Å². The zero-order chi connectivity index (χ0) is 15.8. The van der Waals surface area contributed by atoms with Crippen LogP contribution in [0.2, 0.25) is 0 Å². The van der Waals surface area contributed by atoms with Crippen LogP contribution in [0.5, 0.6) is 0 Å². The number of sulfonamides is 1. The Balaban J connectivity index is 2.37. The lowest BCUT2D eigenvalue weighted by Crippen LogP contribution is -2.13. The van der Waals surface area contributed by atoms with E-state index in [4.69, 9.17) is 18.0 Å². The maximum Gasteiger partial charge on any atom is 0.271 e. The molecule has 4 nitrogen and oxygen atoms in total. The highest BCUT2D eigenvalue weighted by molar-refractivity contribution is 9.10. The van der Waals surface area contributed by atoms with Gasteiger partial charge >= 0.3 is 0 Å². The van der Waals surface area contributed by atoms with Gasteiger partial charge in [0.25, 0.3) is 10.0 Å². The molecular weight excluding hydrogens is 406 g/mol. The van der Waals surface area contributed by atoms with Crippen LogP contribution in [0.15, 0.2) is 32.9 Å². The first-order chi connectivity index (χ1) is 9.70. The fraction of sp³-hybridized carbons (Fsp3) is 0. The molecule has 0 aliphatic carbocycles. The summed E-state index contributed by atoms with van der Waals surface area (Å²) in [6, 6.07) is 4.34. The van der Waals surface area contributed by atoms with E-state index >= 15 is 0 Å². The van der Waals surface area contributed by atoms with E-state index in [1.807, 2.05) is 0 Å². The minimum atomic E-state index is -4.01. The average Bonchev–Trinajstić information content (AvgIpc) is 2.86. The van der Waals surface area contributed by atoms with Crippen LogP contribution in [-0.2, 0) is 10.0 Å². The molecule has 0 radical (unpaired) electrons. The minimum absolute atomic E-state index is 0.0587. The van der Waals surface area contributed by atoms with Gasteiger partial charge in [-0.1, -0.05) is 12.2 Å². The lowest BCUT2D eigenvalue weighted by Gasteiger charge is -2.08. The molecule has 0 aliphatic rings. The second kappa shape index (κ2) is 5.95. The summed E-state index contributed by atoms with van der Waals surface area (Å²) in [5.74, 6) is -1.85. The van der Waals surface area contributed by atoms with E-state index in [0.717, 1.165) is 17.4 Å². The van der Waals surface area contributed by atoms with Gasteiger partial charge in [-0.25, -0.2) is 17.2 Å². The van der Waals surface area contributed by atoms with Crippen LogP contribution >= 0.6 is 39.5 Å². The van der Waals surface area contributed by atoms with Crippen LogP contribution in [0.25, 0.3) is 0 Å². The third-order valence-electron chi connectivity index (χ3n) is 2.34. The van der Waals surface area contributed by atoms with Crippen molar-refractivity contribution in [2.45, 2.75) is 4.21 Å². The number of halogens is 3. The molecule has 0 bridgehead atoms. The molecule has 0 aliphatic heterocycles. The summed E-state index contributed by atoms with van der Waals surface area (Å²) in [7, 11) is -4.01. The molecule has 2 rings (SSSR count). The summed E-state index contributed by atoms with van der Waals surface area (Å²) in [5, 5.41) is 0. The lowest BCUT2D eigenvalue weighted by atomic mass is 10.3. The Labute approximate surface area is 137 Å². The van der Waals surface area contributed by atoms with Crippen molar-refractivity contribution in [3.05, 3.63) is 45.2 Å². The van der Waals surface area contributed by atoms with Gasteiger partial charge in [0.15, 0.2) is 0 Å². The van der Waals surface area contributed by atoms with Crippen molar-refractivity contribution in [1.29, 1.82) is 0 Å². The first kappa shape index (κ1) is 16.3. The monoisotopic (exact) mass is 412 g/mol. The van der Waals surface area contributed by atoms with Gasteiger partial charge < -0.3 is 5.73 Å². The largest absolute Gasteiger partial charge is 0.389 e. The molecule has 1 aromatic heterocycles. The number of nitrogens with one attached hydrogen (secondary N) is 1. The van der Waals surface area contributed by atoms with E-state index in [-0.39, 0.29) is 19.4 Å². The zero-order valence-electron chi connectivity index (χ0n) is 10.1. The highest BCUT2D eigenvalue weighted by atomic mass is 79.9. The van der Waals surface area contributed by atoms with Gasteiger partial charge in [0.05, 0.1) is 15.0 Å². The van der Waals surface area contributed by atoms with Gasteiger partial charge in [-0.2, -0.15) is 0 Å². The maximum atomic E-state index is 13.6. The molecule has 112 valence electrons. The third-order valence-corrected chi connectivity index (χ3v) is 6.28. The van der Waals surface area contributed by atoms with Crippen LogP contribution in [0.3, 0.4) is 0 Å². The van der Waals surface area contributed by atoms with Crippen molar-refractivity contribution in [2.24, 2.45) is 5.73 Å². The molecule has 21 heavy (non-hydrogen) atoms. The normalized spacial score (nSPS) is 11.4. The van der Waals surface area contributed by atoms with Gasteiger partial charge in [-0.05, 0) is 34.1 Å². The SMILES string of the molecule is NC(=S)c1ccc(S(=O)(=O)Nc2cc(Br)c(F)cc2F)s1. The highest BCUT2D eigenvalue weighted by Crippen LogP contribution is 2.28. The topological polar surface area (TPSA) is 72.2 Å². The molecule has 0 saturated heterocycles. The Hall–Kier alpha value is -1.10. The number of anilines is 1. The van der Waals surface area contributed by atoms with Gasteiger partial charge in [0, 0.05) is 6.07 Å². The summed E-state index contributed by atoms with van der Waals surface area (Å²) in [6.45, 7) is 0. The van der Waals surface area contributed by atoms with E-state index < -0.39 is 21.7 Å². The molecule has 0 amide bonds. The second-order valence-electron chi connectivity index (χ2n) is 3.83. The first-order valence-electron chi connectivity index (χ1n) is 5.27. The van der Waals surface area contributed by atoms with Crippen molar-refractivity contribution in [3.63, 3.8) is 0 Å². The molecule has 0 unspecified atom stereocenters. The van der Waals surface area contributed by atoms with E-state index in [1.165, 1.54) is 12.1 Å². The Morgan fingerprint density at radius 1 is 1.29 bits per heavy atom. The summed E-state index contributed by atoms with van der Waals surface area (Å²) >= 11 is 8.46. The molecular formula is C11H7BrF2N2O2S3. The van der Waals surface area contributed by atoms with Gasteiger partial charge in [-0.3, -0.25) is 4.72 Å². The molecule has 0 atom stereocenters. The third kappa shape index (κ3) is 3.57.